The number of nitrogens with two attached hydrogens (primary N) is 1. The van der Waals surface area contributed by atoms with E-state index in [9.17, 15) is 8.78 Å². The van der Waals surface area contributed by atoms with Crippen molar-refractivity contribution in [2.75, 3.05) is 6.54 Å². The average Bonchev–Trinajstić information content (AvgIpc) is 2.47. The van der Waals surface area contributed by atoms with Crippen molar-refractivity contribution in [3.05, 3.63) is 0 Å². The molecule has 0 aliphatic heterocycles. The number of alkyl halides is 2. The van der Waals surface area contributed by atoms with Crippen LogP contribution in [0.15, 0.2) is 0 Å². The van der Waals surface area contributed by atoms with Crippen LogP contribution in [-0.4, -0.2) is 12.5 Å². The Kier molecular flexibility index (Phi) is 1.76. The molecular weight excluding hydrogens is 172 g/mol. The van der Waals surface area contributed by atoms with Crippen molar-refractivity contribution in [1.29, 1.82) is 0 Å². The van der Waals surface area contributed by atoms with Crippen LogP contribution in [0.5, 0.6) is 0 Å². The number of hydrogen-bond donors (Lipinski definition) is 1. The number of hydrogen-bond acceptors (Lipinski definition) is 1. The second-order valence-electron chi connectivity index (χ2n) is 5.21. The van der Waals surface area contributed by atoms with E-state index in [0.29, 0.717) is 18.4 Å². The van der Waals surface area contributed by atoms with Gasteiger partial charge in [0.05, 0.1) is 0 Å². The van der Waals surface area contributed by atoms with Gasteiger partial charge in [-0.3, -0.25) is 0 Å². The van der Waals surface area contributed by atoms with Crippen LogP contribution in [0.3, 0.4) is 0 Å². The maximum absolute atomic E-state index is 12.6. The summed E-state index contributed by atoms with van der Waals surface area (Å²) in [6.07, 6.45) is 0.190. The van der Waals surface area contributed by atoms with Crippen LogP contribution in [0.1, 0.15) is 26.7 Å². The Morgan fingerprint density at radius 1 is 1.31 bits per heavy atom. The predicted molar refractivity (Wildman–Crippen MR) is 47.5 cm³/mol. The average molecular weight is 189 g/mol. The quantitative estimate of drug-likeness (QED) is 0.708. The Labute approximate surface area is 77.7 Å². The molecule has 0 bridgehead atoms. The first-order valence-corrected chi connectivity index (χ1v) is 4.96. The second kappa shape index (κ2) is 2.44. The van der Waals surface area contributed by atoms with Crippen molar-refractivity contribution in [3.63, 3.8) is 0 Å². The van der Waals surface area contributed by atoms with E-state index in [1.807, 2.05) is 0 Å². The third kappa shape index (κ3) is 1.28. The topological polar surface area (TPSA) is 26.0 Å². The molecule has 0 saturated heterocycles. The predicted octanol–water partition coefficient (Wildman–Crippen LogP) is 2.26. The first-order valence-electron chi connectivity index (χ1n) is 4.96. The van der Waals surface area contributed by atoms with E-state index < -0.39 is 5.92 Å². The SMILES string of the molecule is CC1(C)[C@H](CN)[C@H]1C1CC(F)(F)C1. The second-order valence-corrected chi connectivity index (χ2v) is 5.21. The monoisotopic (exact) mass is 189 g/mol. The minimum absolute atomic E-state index is 0.0948. The summed E-state index contributed by atoms with van der Waals surface area (Å²) >= 11 is 0. The van der Waals surface area contributed by atoms with Gasteiger partial charge in [0.1, 0.15) is 0 Å². The standard InChI is InChI=1S/C10H17F2N/c1-9(2)7(5-13)8(9)6-3-10(11,12)4-6/h6-8H,3-5,13H2,1-2H3/t7-,8-/m1/s1. The van der Waals surface area contributed by atoms with E-state index in [2.05, 4.69) is 13.8 Å². The highest BCUT2D eigenvalue weighted by molar-refractivity contribution is 5.11. The van der Waals surface area contributed by atoms with E-state index in [0.717, 1.165) is 0 Å². The molecule has 13 heavy (non-hydrogen) atoms. The van der Waals surface area contributed by atoms with Crippen molar-refractivity contribution in [1.82, 2.24) is 0 Å². The Morgan fingerprint density at radius 2 is 1.85 bits per heavy atom. The van der Waals surface area contributed by atoms with E-state index in [1.54, 1.807) is 0 Å². The highest BCUT2D eigenvalue weighted by Gasteiger charge is 2.64. The van der Waals surface area contributed by atoms with Crippen LogP contribution in [0, 0.1) is 23.2 Å². The normalized spacial score (nSPS) is 41.3. The zero-order chi connectivity index (χ0) is 9.85. The Morgan fingerprint density at radius 3 is 2.15 bits per heavy atom. The highest BCUT2D eigenvalue weighted by Crippen LogP contribution is 2.66. The van der Waals surface area contributed by atoms with Gasteiger partial charge in [-0.2, -0.15) is 0 Å². The number of rotatable bonds is 2. The summed E-state index contributed by atoms with van der Waals surface area (Å²) in [7, 11) is 0. The minimum Gasteiger partial charge on any atom is -0.330 e. The molecule has 2 aliphatic rings. The van der Waals surface area contributed by atoms with Crippen LogP contribution >= 0.6 is 0 Å². The Balaban J connectivity index is 1.92. The molecule has 0 aromatic rings. The fraction of sp³-hybridized carbons (Fsp3) is 1.00. The molecule has 1 nitrogen and oxygen atoms in total. The lowest BCUT2D eigenvalue weighted by Gasteiger charge is -2.36. The third-order valence-electron chi connectivity index (χ3n) is 4.02. The Bertz CT molecular complexity index is 217. The maximum atomic E-state index is 12.6. The fourth-order valence-electron chi connectivity index (χ4n) is 3.13. The highest BCUT2D eigenvalue weighted by atomic mass is 19.3. The van der Waals surface area contributed by atoms with Gasteiger partial charge in [0.15, 0.2) is 0 Å². The molecule has 0 radical (unpaired) electrons. The van der Waals surface area contributed by atoms with Gasteiger partial charge >= 0.3 is 0 Å². The zero-order valence-corrected chi connectivity index (χ0v) is 8.19. The summed E-state index contributed by atoms with van der Waals surface area (Å²) in [6, 6.07) is 0. The maximum Gasteiger partial charge on any atom is 0.248 e. The molecule has 76 valence electrons. The minimum atomic E-state index is -2.37. The fourth-order valence-corrected chi connectivity index (χ4v) is 3.13. The molecular formula is C10H17F2N. The van der Waals surface area contributed by atoms with Gasteiger partial charge in [-0.1, -0.05) is 13.8 Å². The van der Waals surface area contributed by atoms with E-state index in [-0.39, 0.29) is 24.2 Å². The molecule has 0 amide bonds. The molecule has 0 spiro atoms. The van der Waals surface area contributed by atoms with E-state index in [1.165, 1.54) is 0 Å². The summed E-state index contributed by atoms with van der Waals surface area (Å²) in [5.41, 5.74) is 5.81. The first-order chi connectivity index (χ1) is 5.88. The molecule has 3 heteroatoms. The van der Waals surface area contributed by atoms with Crippen molar-refractivity contribution in [3.8, 4) is 0 Å². The summed E-state index contributed by atoms with van der Waals surface area (Å²) in [5, 5.41) is 0. The van der Waals surface area contributed by atoms with E-state index >= 15 is 0 Å². The lowest BCUT2D eigenvalue weighted by atomic mass is 9.76. The molecule has 2 fully saturated rings. The summed E-state index contributed by atoms with van der Waals surface area (Å²) < 4.78 is 25.3. The molecule has 2 atom stereocenters. The van der Waals surface area contributed by atoms with Gasteiger partial charge in [-0.05, 0) is 29.7 Å². The van der Waals surface area contributed by atoms with Gasteiger partial charge in [0, 0.05) is 12.8 Å². The van der Waals surface area contributed by atoms with E-state index in [4.69, 9.17) is 5.73 Å². The van der Waals surface area contributed by atoms with Crippen LogP contribution in [-0.2, 0) is 0 Å². The molecule has 0 heterocycles. The lowest BCUT2D eigenvalue weighted by Crippen LogP contribution is -2.37. The third-order valence-corrected chi connectivity index (χ3v) is 4.02. The smallest absolute Gasteiger partial charge is 0.248 e. The molecule has 2 rings (SSSR count). The molecule has 0 aromatic heterocycles. The Hall–Kier alpha value is -0.180. The largest absolute Gasteiger partial charge is 0.330 e. The van der Waals surface area contributed by atoms with Gasteiger partial charge in [0.2, 0.25) is 5.92 Å². The van der Waals surface area contributed by atoms with Gasteiger partial charge in [-0.25, -0.2) is 8.78 Å². The molecule has 0 unspecified atom stereocenters. The molecule has 2 N–H and O–H groups in total. The summed E-state index contributed by atoms with van der Waals surface area (Å²) in [4.78, 5) is 0. The summed E-state index contributed by atoms with van der Waals surface area (Å²) in [5.74, 6) is -1.20. The van der Waals surface area contributed by atoms with Crippen LogP contribution in [0.25, 0.3) is 0 Å². The van der Waals surface area contributed by atoms with Crippen molar-refractivity contribution in [2.24, 2.45) is 28.9 Å². The molecule has 2 aliphatic carbocycles. The zero-order valence-electron chi connectivity index (χ0n) is 8.19. The summed E-state index contributed by atoms with van der Waals surface area (Å²) in [6.45, 7) is 4.94. The van der Waals surface area contributed by atoms with Crippen molar-refractivity contribution in [2.45, 2.75) is 32.6 Å². The van der Waals surface area contributed by atoms with Crippen molar-refractivity contribution >= 4 is 0 Å². The van der Waals surface area contributed by atoms with Crippen LogP contribution < -0.4 is 5.73 Å². The van der Waals surface area contributed by atoms with Crippen LogP contribution in [0.2, 0.25) is 0 Å². The van der Waals surface area contributed by atoms with Crippen molar-refractivity contribution < 1.29 is 8.78 Å². The van der Waals surface area contributed by atoms with Gasteiger partial charge < -0.3 is 5.73 Å². The molecule has 0 aromatic carbocycles. The van der Waals surface area contributed by atoms with Crippen LogP contribution in [0.4, 0.5) is 8.78 Å². The van der Waals surface area contributed by atoms with Gasteiger partial charge in [0.25, 0.3) is 0 Å². The molecule has 2 saturated carbocycles. The number of halogens is 2. The first kappa shape index (κ1) is 9.38. The van der Waals surface area contributed by atoms with Gasteiger partial charge in [-0.15, -0.1) is 0 Å². The lowest BCUT2D eigenvalue weighted by molar-refractivity contribution is -0.119.